The number of allylic oxidation sites excluding steroid dienone is 1. The lowest BCUT2D eigenvalue weighted by Gasteiger charge is -2.32. The molecule has 3 heteroatoms. The van der Waals surface area contributed by atoms with Crippen LogP contribution in [0.15, 0.2) is 12.7 Å². The SMILES string of the molecule is C=CCC1CCC(OC(=O)CCC)C(O)C1. The number of aliphatic hydroxyl groups excluding tert-OH is 1. The molecule has 1 aliphatic rings. The summed E-state index contributed by atoms with van der Waals surface area (Å²) in [5.41, 5.74) is 0. The van der Waals surface area contributed by atoms with Crippen LogP contribution in [-0.4, -0.2) is 23.3 Å². The molecule has 0 radical (unpaired) electrons. The van der Waals surface area contributed by atoms with Gasteiger partial charge in [-0.05, 0) is 38.0 Å². The molecule has 0 aromatic heterocycles. The first-order valence-electron chi connectivity index (χ1n) is 6.15. The second-order valence-electron chi connectivity index (χ2n) is 4.55. The van der Waals surface area contributed by atoms with Crippen molar-refractivity contribution in [3.8, 4) is 0 Å². The Balaban J connectivity index is 2.35. The first-order chi connectivity index (χ1) is 7.67. The van der Waals surface area contributed by atoms with Gasteiger partial charge in [-0.25, -0.2) is 0 Å². The Labute approximate surface area is 97.5 Å². The molecule has 1 aliphatic carbocycles. The predicted octanol–water partition coefficient (Wildman–Crippen LogP) is 2.44. The summed E-state index contributed by atoms with van der Waals surface area (Å²) in [5, 5.41) is 9.87. The van der Waals surface area contributed by atoms with Crippen molar-refractivity contribution in [1.29, 1.82) is 0 Å². The van der Waals surface area contributed by atoms with Crippen LogP contribution in [0.2, 0.25) is 0 Å². The summed E-state index contributed by atoms with van der Waals surface area (Å²) in [6.07, 6.45) is 5.77. The number of ether oxygens (including phenoxy) is 1. The highest BCUT2D eigenvalue weighted by Gasteiger charge is 2.30. The van der Waals surface area contributed by atoms with E-state index in [0.717, 1.165) is 32.1 Å². The standard InChI is InChI=1S/C13H22O3/c1-3-5-10-7-8-12(11(14)9-10)16-13(15)6-4-2/h3,10-12,14H,1,4-9H2,2H3. The third-order valence-electron chi connectivity index (χ3n) is 3.10. The number of hydrogen-bond donors (Lipinski definition) is 1. The van der Waals surface area contributed by atoms with Gasteiger partial charge in [0.05, 0.1) is 6.10 Å². The molecule has 0 amide bonds. The van der Waals surface area contributed by atoms with E-state index in [9.17, 15) is 9.90 Å². The van der Waals surface area contributed by atoms with E-state index >= 15 is 0 Å². The number of aliphatic hydroxyl groups is 1. The van der Waals surface area contributed by atoms with Crippen molar-refractivity contribution in [3.05, 3.63) is 12.7 Å². The Morgan fingerprint density at radius 3 is 2.88 bits per heavy atom. The molecular formula is C13H22O3. The van der Waals surface area contributed by atoms with E-state index in [1.54, 1.807) is 0 Å². The van der Waals surface area contributed by atoms with Crippen LogP contribution in [0.25, 0.3) is 0 Å². The minimum atomic E-state index is -0.500. The van der Waals surface area contributed by atoms with Crippen LogP contribution < -0.4 is 0 Å². The van der Waals surface area contributed by atoms with E-state index in [0.29, 0.717) is 12.3 Å². The first kappa shape index (κ1) is 13.2. The van der Waals surface area contributed by atoms with Gasteiger partial charge in [0.1, 0.15) is 6.10 Å². The van der Waals surface area contributed by atoms with Crippen LogP contribution in [0.4, 0.5) is 0 Å². The molecule has 16 heavy (non-hydrogen) atoms. The third-order valence-corrected chi connectivity index (χ3v) is 3.10. The second kappa shape index (κ2) is 6.69. The maximum Gasteiger partial charge on any atom is 0.306 e. The zero-order valence-electron chi connectivity index (χ0n) is 10.0. The largest absolute Gasteiger partial charge is 0.460 e. The van der Waals surface area contributed by atoms with E-state index in [1.165, 1.54) is 0 Å². The van der Waals surface area contributed by atoms with Crippen LogP contribution in [0.3, 0.4) is 0 Å². The summed E-state index contributed by atoms with van der Waals surface area (Å²) in [5.74, 6) is 0.308. The Bertz CT molecular complexity index is 237. The zero-order chi connectivity index (χ0) is 12.0. The normalized spacial score (nSPS) is 29.8. The molecule has 3 nitrogen and oxygen atoms in total. The lowest BCUT2D eigenvalue weighted by atomic mass is 9.83. The number of rotatable bonds is 5. The average molecular weight is 226 g/mol. The second-order valence-corrected chi connectivity index (χ2v) is 4.55. The van der Waals surface area contributed by atoms with Crippen LogP contribution in [0.1, 0.15) is 45.4 Å². The van der Waals surface area contributed by atoms with Gasteiger partial charge in [-0.1, -0.05) is 13.0 Å². The minimum Gasteiger partial charge on any atom is -0.460 e. The van der Waals surface area contributed by atoms with Gasteiger partial charge in [0, 0.05) is 6.42 Å². The van der Waals surface area contributed by atoms with Gasteiger partial charge in [0.25, 0.3) is 0 Å². The van der Waals surface area contributed by atoms with Gasteiger partial charge in [-0.15, -0.1) is 6.58 Å². The van der Waals surface area contributed by atoms with Crippen molar-refractivity contribution in [2.45, 2.75) is 57.7 Å². The highest BCUT2D eigenvalue weighted by Crippen LogP contribution is 2.29. The molecule has 0 saturated heterocycles. The Hall–Kier alpha value is -0.830. The monoisotopic (exact) mass is 226 g/mol. The summed E-state index contributed by atoms with van der Waals surface area (Å²) in [7, 11) is 0. The number of carbonyl (C=O) groups is 1. The Kier molecular flexibility index (Phi) is 5.53. The van der Waals surface area contributed by atoms with Gasteiger partial charge in [-0.2, -0.15) is 0 Å². The number of hydrogen-bond acceptors (Lipinski definition) is 3. The first-order valence-corrected chi connectivity index (χ1v) is 6.15. The van der Waals surface area contributed by atoms with Crippen molar-refractivity contribution in [3.63, 3.8) is 0 Å². The molecule has 0 heterocycles. The molecule has 0 bridgehead atoms. The summed E-state index contributed by atoms with van der Waals surface area (Å²) in [6, 6.07) is 0. The summed E-state index contributed by atoms with van der Waals surface area (Å²) >= 11 is 0. The fourth-order valence-corrected chi connectivity index (χ4v) is 2.22. The van der Waals surface area contributed by atoms with E-state index in [2.05, 4.69) is 6.58 Å². The van der Waals surface area contributed by atoms with Crippen LogP contribution in [0.5, 0.6) is 0 Å². The molecule has 0 aliphatic heterocycles. The smallest absolute Gasteiger partial charge is 0.306 e. The van der Waals surface area contributed by atoms with E-state index < -0.39 is 6.10 Å². The lowest BCUT2D eigenvalue weighted by Crippen LogP contribution is -2.37. The highest BCUT2D eigenvalue weighted by molar-refractivity contribution is 5.69. The summed E-state index contributed by atoms with van der Waals surface area (Å²) in [4.78, 5) is 11.3. The maximum absolute atomic E-state index is 11.3. The van der Waals surface area contributed by atoms with Crippen molar-refractivity contribution in [2.75, 3.05) is 0 Å². The molecule has 1 fully saturated rings. The van der Waals surface area contributed by atoms with Crippen molar-refractivity contribution in [2.24, 2.45) is 5.92 Å². The van der Waals surface area contributed by atoms with E-state index in [1.807, 2.05) is 13.0 Å². The fraction of sp³-hybridized carbons (Fsp3) is 0.769. The molecule has 0 spiro atoms. The Morgan fingerprint density at radius 1 is 1.56 bits per heavy atom. The number of esters is 1. The van der Waals surface area contributed by atoms with Gasteiger partial charge in [0.15, 0.2) is 0 Å². The molecule has 1 saturated carbocycles. The van der Waals surface area contributed by atoms with Crippen molar-refractivity contribution < 1.29 is 14.6 Å². The lowest BCUT2D eigenvalue weighted by molar-refractivity contribution is -0.158. The molecule has 3 atom stereocenters. The quantitative estimate of drug-likeness (QED) is 0.578. The van der Waals surface area contributed by atoms with Crippen molar-refractivity contribution >= 4 is 5.97 Å². The highest BCUT2D eigenvalue weighted by atomic mass is 16.6. The fourth-order valence-electron chi connectivity index (χ4n) is 2.22. The summed E-state index contributed by atoms with van der Waals surface area (Å²) in [6.45, 7) is 5.65. The molecule has 92 valence electrons. The minimum absolute atomic E-state index is 0.186. The molecule has 1 rings (SSSR count). The van der Waals surface area contributed by atoms with Gasteiger partial charge < -0.3 is 9.84 Å². The van der Waals surface area contributed by atoms with Crippen LogP contribution in [0, 0.1) is 5.92 Å². The van der Waals surface area contributed by atoms with Gasteiger partial charge in [-0.3, -0.25) is 4.79 Å². The molecule has 1 N–H and O–H groups in total. The third kappa shape index (κ3) is 3.97. The van der Waals surface area contributed by atoms with Crippen LogP contribution in [-0.2, 0) is 9.53 Å². The zero-order valence-corrected chi connectivity index (χ0v) is 10.0. The Morgan fingerprint density at radius 2 is 2.31 bits per heavy atom. The maximum atomic E-state index is 11.3. The number of carbonyl (C=O) groups excluding carboxylic acids is 1. The average Bonchev–Trinajstić information content (AvgIpc) is 2.23. The van der Waals surface area contributed by atoms with Gasteiger partial charge in [0.2, 0.25) is 0 Å². The van der Waals surface area contributed by atoms with E-state index in [4.69, 9.17) is 4.74 Å². The molecule has 0 aromatic rings. The molecule has 0 aromatic carbocycles. The topological polar surface area (TPSA) is 46.5 Å². The van der Waals surface area contributed by atoms with E-state index in [-0.39, 0.29) is 12.1 Å². The predicted molar refractivity (Wildman–Crippen MR) is 62.9 cm³/mol. The van der Waals surface area contributed by atoms with Crippen molar-refractivity contribution in [1.82, 2.24) is 0 Å². The molecule has 3 unspecified atom stereocenters. The van der Waals surface area contributed by atoms with Gasteiger partial charge >= 0.3 is 5.97 Å². The molecular weight excluding hydrogens is 204 g/mol. The van der Waals surface area contributed by atoms with Crippen LogP contribution >= 0.6 is 0 Å². The summed E-state index contributed by atoms with van der Waals surface area (Å²) < 4.78 is 5.26.